The summed E-state index contributed by atoms with van der Waals surface area (Å²) < 4.78 is 4.46. The fourth-order valence-electron chi connectivity index (χ4n) is 1.22. The van der Waals surface area contributed by atoms with Crippen LogP contribution in [0, 0.1) is 0 Å². The van der Waals surface area contributed by atoms with Gasteiger partial charge in [0.05, 0.1) is 18.1 Å². The van der Waals surface area contributed by atoms with E-state index in [4.69, 9.17) is 0 Å². The zero-order chi connectivity index (χ0) is 12.1. The summed E-state index contributed by atoms with van der Waals surface area (Å²) in [6, 6.07) is -0.365. The number of thioether (sulfide) groups is 1. The smallest absolute Gasteiger partial charge is 0.324 e. The Morgan fingerprint density at radius 3 is 2.81 bits per heavy atom. The summed E-state index contributed by atoms with van der Waals surface area (Å²) in [5.74, 6) is -0.543. The Kier molecular flexibility index (Phi) is 4.60. The van der Waals surface area contributed by atoms with Crippen LogP contribution in [0.25, 0.3) is 0 Å². The molecule has 0 aromatic carbocycles. The Morgan fingerprint density at radius 2 is 2.31 bits per heavy atom. The second-order valence-corrected chi connectivity index (χ2v) is 4.58. The van der Waals surface area contributed by atoms with Crippen molar-refractivity contribution in [2.75, 3.05) is 26.0 Å². The summed E-state index contributed by atoms with van der Waals surface area (Å²) in [6.45, 7) is 2.54. The van der Waals surface area contributed by atoms with E-state index in [1.54, 1.807) is 6.92 Å². The number of carbonyl (C=O) groups is 3. The number of imide groups is 1. The lowest BCUT2D eigenvalue weighted by Crippen LogP contribution is -2.39. The van der Waals surface area contributed by atoms with Gasteiger partial charge in [0.25, 0.3) is 0 Å². The quantitative estimate of drug-likeness (QED) is 0.697. The Bertz CT molecular complexity index is 308. The predicted molar refractivity (Wildman–Crippen MR) is 59.0 cm³/mol. The SMILES string of the molecule is COC(=O)CS[C@@H](C)C(=O)N1CCNC1=O. The molecule has 3 amide bonds. The van der Waals surface area contributed by atoms with Gasteiger partial charge in [-0.25, -0.2) is 4.79 Å². The van der Waals surface area contributed by atoms with Crippen molar-refractivity contribution < 1.29 is 19.1 Å². The maximum Gasteiger partial charge on any atom is 0.324 e. The molecule has 0 spiro atoms. The molecule has 1 aliphatic rings. The number of ether oxygens (including phenoxy) is 1. The van der Waals surface area contributed by atoms with E-state index >= 15 is 0 Å². The van der Waals surface area contributed by atoms with Crippen LogP contribution >= 0.6 is 11.8 Å². The van der Waals surface area contributed by atoms with E-state index < -0.39 is 5.25 Å². The number of rotatable bonds is 4. The average Bonchev–Trinajstić information content (AvgIpc) is 2.70. The second-order valence-electron chi connectivity index (χ2n) is 3.25. The molecule has 90 valence electrons. The molecule has 1 saturated heterocycles. The number of hydrogen-bond acceptors (Lipinski definition) is 5. The van der Waals surface area contributed by atoms with Crippen molar-refractivity contribution in [3.63, 3.8) is 0 Å². The lowest BCUT2D eigenvalue weighted by Gasteiger charge is -2.16. The lowest BCUT2D eigenvalue weighted by molar-refractivity contribution is -0.137. The Labute approximate surface area is 97.7 Å². The highest BCUT2D eigenvalue weighted by Gasteiger charge is 2.30. The number of nitrogens with zero attached hydrogens (tertiary/aromatic N) is 1. The van der Waals surface area contributed by atoms with Gasteiger partial charge in [0.2, 0.25) is 5.91 Å². The maximum atomic E-state index is 11.7. The number of nitrogens with one attached hydrogen (secondary N) is 1. The van der Waals surface area contributed by atoms with Gasteiger partial charge in [-0.2, -0.15) is 0 Å². The molecule has 0 aromatic rings. The van der Waals surface area contributed by atoms with Crippen molar-refractivity contribution in [2.24, 2.45) is 0 Å². The number of hydrogen-bond donors (Lipinski definition) is 1. The molecule has 1 fully saturated rings. The van der Waals surface area contributed by atoms with Crippen molar-refractivity contribution in [3.05, 3.63) is 0 Å². The van der Waals surface area contributed by atoms with Gasteiger partial charge in [0.1, 0.15) is 0 Å². The third-order valence-electron chi connectivity index (χ3n) is 2.15. The van der Waals surface area contributed by atoms with Gasteiger partial charge in [-0.05, 0) is 6.92 Å². The van der Waals surface area contributed by atoms with E-state index in [1.807, 2.05) is 0 Å². The molecule has 1 atom stereocenters. The lowest BCUT2D eigenvalue weighted by atomic mass is 10.4. The van der Waals surface area contributed by atoms with E-state index in [-0.39, 0.29) is 23.7 Å². The first-order valence-electron chi connectivity index (χ1n) is 4.84. The number of esters is 1. The van der Waals surface area contributed by atoms with Crippen LogP contribution in [0.4, 0.5) is 4.79 Å². The van der Waals surface area contributed by atoms with Crippen molar-refractivity contribution in [2.45, 2.75) is 12.2 Å². The normalized spacial score (nSPS) is 16.9. The molecular formula is C9H14N2O4S. The van der Waals surface area contributed by atoms with Gasteiger partial charge in [-0.1, -0.05) is 0 Å². The molecule has 1 rings (SSSR count). The third kappa shape index (κ3) is 3.13. The van der Waals surface area contributed by atoms with Crippen molar-refractivity contribution in [3.8, 4) is 0 Å². The Hall–Kier alpha value is -1.24. The number of methoxy groups -OCH3 is 1. The molecule has 7 heteroatoms. The van der Waals surface area contributed by atoms with Crippen LogP contribution < -0.4 is 5.32 Å². The van der Waals surface area contributed by atoms with E-state index in [1.165, 1.54) is 7.11 Å². The first-order chi connectivity index (χ1) is 7.56. The van der Waals surface area contributed by atoms with Gasteiger partial charge in [0, 0.05) is 13.1 Å². The minimum absolute atomic E-state index is 0.110. The van der Waals surface area contributed by atoms with Gasteiger partial charge in [-0.15, -0.1) is 11.8 Å². The first-order valence-corrected chi connectivity index (χ1v) is 5.88. The number of urea groups is 1. The number of amides is 3. The average molecular weight is 246 g/mol. The summed E-state index contributed by atoms with van der Waals surface area (Å²) in [5, 5.41) is 2.12. The molecule has 6 nitrogen and oxygen atoms in total. The fourth-order valence-corrected chi connectivity index (χ4v) is 2.00. The Balaban J connectivity index is 2.41. The summed E-state index contributed by atoms with van der Waals surface area (Å²) >= 11 is 1.16. The van der Waals surface area contributed by atoms with Crippen LogP contribution in [-0.2, 0) is 14.3 Å². The van der Waals surface area contributed by atoms with Crippen LogP contribution in [0.15, 0.2) is 0 Å². The molecule has 16 heavy (non-hydrogen) atoms. The molecule has 0 aliphatic carbocycles. The molecule has 0 radical (unpaired) electrons. The molecule has 0 bridgehead atoms. The Morgan fingerprint density at radius 1 is 1.62 bits per heavy atom. The van der Waals surface area contributed by atoms with Crippen molar-refractivity contribution >= 4 is 29.7 Å². The second kappa shape index (κ2) is 5.74. The van der Waals surface area contributed by atoms with Crippen molar-refractivity contribution in [1.82, 2.24) is 10.2 Å². The molecule has 0 saturated carbocycles. The summed E-state index contributed by atoms with van der Waals surface area (Å²) in [4.78, 5) is 35.0. The molecule has 1 aliphatic heterocycles. The standard InChI is InChI=1S/C9H14N2O4S/c1-6(16-5-7(12)15-2)8(13)11-4-3-10-9(11)14/h6H,3-5H2,1-2H3,(H,10,14)/t6-/m0/s1. The van der Waals surface area contributed by atoms with Gasteiger partial charge in [0.15, 0.2) is 0 Å². The predicted octanol–water partition coefficient (Wildman–Crippen LogP) is -0.167. The van der Waals surface area contributed by atoms with Crippen LogP contribution in [0.3, 0.4) is 0 Å². The minimum atomic E-state index is -0.428. The molecule has 1 heterocycles. The maximum absolute atomic E-state index is 11.7. The summed E-state index contributed by atoms with van der Waals surface area (Å²) in [7, 11) is 1.29. The zero-order valence-corrected chi connectivity index (χ0v) is 10.0. The zero-order valence-electron chi connectivity index (χ0n) is 9.19. The van der Waals surface area contributed by atoms with E-state index in [9.17, 15) is 14.4 Å². The van der Waals surface area contributed by atoms with E-state index in [2.05, 4.69) is 10.1 Å². The highest BCUT2D eigenvalue weighted by molar-refractivity contribution is 8.01. The minimum Gasteiger partial charge on any atom is -0.468 e. The largest absolute Gasteiger partial charge is 0.468 e. The third-order valence-corrected chi connectivity index (χ3v) is 3.25. The highest BCUT2D eigenvalue weighted by atomic mass is 32.2. The van der Waals surface area contributed by atoms with E-state index in [0.29, 0.717) is 13.1 Å². The molecular weight excluding hydrogens is 232 g/mol. The highest BCUT2D eigenvalue weighted by Crippen LogP contribution is 2.14. The van der Waals surface area contributed by atoms with Gasteiger partial charge in [-0.3, -0.25) is 14.5 Å². The number of carbonyl (C=O) groups excluding carboxylic acids is 3. The van der Waals surface area contributed by atoms with Crippen molar-refractivity contribution in [1.29, 1.82) is 0 Å². The van der Waals surface area contributed by atoms with E-state index in [0.717, 1.165) is 16.7 Å². The van der Waals surface area contributed by atoms with Crippen LogP contribution in [0.5, 0.6) is 0 Å². The molecule has 0 unspecified atom stereocenters. The molecule has 1 N–H and O–H groups in total. The van der Waals surface area contributed by atoms with Crippen LogP contribution in [-0.4, -0.2) is 54.0 Å². The van der Waals surface area contributed by atoms with Gasteiger partial charge >= 0.3 is 12.0 Å². The fraction of sp³-hybridized carbons (Fsp3) is 0.667. The van der Waals surface area contributed by atoms with Crippen LogP contribution in [0.2, 0.25) is 0 Å². The van der Waals surface area contributed by atoms with Gasteiger partial charge < -0.3 is 10.1 Å². The summed E-state index contributed by atoms with van der Waals surface area (Å²) in [6.07, 6.45) is 0. The van der Waals surface area contributed by atoms with Crippen LogP contribution in [0.1, 0.15) is 6.92 Å². The monoisotopic (exact) mass is 246 g/mol. The molecule has 0 aromatic heterocycles. The summed E-state index contributed by atoms with van der Waals surface area (Å²) in [5.41, 5.74) is 0. The first kappa shape index (κ1) is 12.8. The topological polar surface area (TPSA) is 75.7 Å².